The molecule has 216 valence electrons. The third-order valence-corrected chi connectivity index (χ3v) is 8.32. The Hall–Kier alpha value is -0.900. The fourth-order valence-electron chi connectivity index (χ4n) is 5.55. The first-order chi connectivity index (χ1) is 17.3. The van der Waals surface area contributed by atoms with E-state index in [1.807, 2.05) is 0 Å². The smallest absolute Gasteiger partial charge is 0.0166 e. The van der Waals surface area contributed by atoms with Gasteiger partial charge in [-0.1, -0.05) is 105 Å². The number of hydrogen-bond acceptors (Lipinski definition) is 3. The van der Waals surface area contributed by atoms with E-state index in [2.05, 4.69) is 121 Å². The fraction of sp³-hybridized carbons (Fsp3) is 0.824. The van der Waals surface area contributed by atoms with Crippen molar-refractivity contribution in [3.63, 3.8) is 0 Å². The molecular formula is C34H65N3. The Balaban J connectivity index is 2.80. The second kappa shape index (κ2) is 16.9. The number of likely N-dealkylation sites (tertiary alicyclic amines) is 1. The van der Waals surface area contributed by atoms with E-state index in [4.69, 9.17) is 0 Å². The van der Waals surface area contributed by atoms with Crippen molar-refractivity contribution in [2.75, 3.05) is 52.9 Å². The van der Waals surface area contributed by atoms with Gasteiger partial charge < -0.3 is 4.90 Å². The lowest BCUT2D eigenvalue weighted by atomic mass is 9.83. The van der Waals surface area contributed by atoms with E-state index in [-0.39, 0.29) is 10.8 Å². The van der Waals surface area contributed by atoms with Gasteiger partial charge in [0, 0.05) is 32.2 Å². The van der Waals surface area contributed by atoms with Crippen LogP contribution in [-0.4, -0.2) is 73.6 Å². The van der Waals surface area contributed by atoms with E-state index in [1.165, 1.54) is 45.2 Å². The lowest BCUT2D eigenvalue weighted by Crippen LogP contribution is -2.35. The summed E-state index contributed by atoms with van der Waals surface area (Å²) in [7, 11) is 2.35. The van der Waals surface area contributed by atoms with Crippen LogP contribution < -0.4 is 0 Å². The van der Waals surface area contributed by atoms with Gasteiger partial charge in [0.1, 0.15) is 0 Å². The number of hydrogen-bond donors (Lipinski definition) is 0. The first kappa shape index (κ1) is 34.1. The van der Waals surface area contributed by atoms with Gasteiger partial charge >= 0.3 is 0 Å². The highest BCUT2D eigenvalue weighted by molar-refractivity contribution is 5.05. The summed E-state index contributed by atoms with van der Waals surface area (Å²) in [4.78, 5) is 7.81. The highest BCUT2D eigenvalue weighted by atomic mass is 15.2. The van der Waals surface area contributed by atoms with E-state index in [1.54, 1.807) is 5.57 Å². The van der Waals surface area contributed by atoms with Gasteiger partial charge in [-0.15, -0.1) is 0 Å². The average molecular weight is 516 g/mol. The molecule has 0 aromatic carbocycles. The maximum Gasteiger partial charge on any atom is 0.0166 e. The summed E-state index contributed by atoms with van der Waals surface area (Å²) in [5.74, 6) is 1.49. The Bertz CT molecular complexity index is 690. The molecule has 37 heavy (non-hydrogen) atoms. The van der Waals surface area contributed by atoms with Crippen molar-refractivity contribution in [1.29, 1.82) is 0 Å². The van der Waals surface area contributed by atoms with Gasteiger partial charge in [-0.05, 0) is 81.5 Å². The molecule has 1 saturated heterocycles. The third-order valence-electron chi connectivity index (χ3n) is 8.32. The van der Waals surface area contributed by atoms with Crippen molar-refractivity contribution in [3.8, 4) is 0 Å². The molecule has 0 aromatic rings. The van der Waals surface area contributed by atoms with Crippen LogP contribution in [-0.2, 0) is 0 Å². The van der Waals surface area contributed by atoms with Crippen LogP contribution in [0.3, 0.4) is 0 Å². The van der Waals surface area contributed by atoms with E-state index < -0.39 is 0 Å². The Labute approximate surface area is 233 Å². The van der Waals surface area contributed by atoms with Gasteiger partial charge in [-0.2, -0.15) is 0 Å². The number of nitrogens with zero attached hydrogens (tertiary/aromatic N) is 3. The molecule has 1 aliphatic rings. The van der Waals surface area contributed by atoms with Gasteiger partial charge in [-0.3, -0.25) is 9.80 Å². The van der Waals surface area contributed by atoms with Crippen molar-refractivity contribution < 1.29 is 0 Å². The monoisotopic (exact) mass is 516 g/mol. The summed E-state index contributed by atoms with van der Waals surface area (Å²) in [5, 5.41) is 0. The van der Waals surface area contributed by atoms with Crippen LogP contribution in [0.15, 0.2) is 36.0 Å². The quantitative estimate of drug-likeness (QED) is 0.180. The van der Waals surface area contributed by atoms with Gasteiger partial charge in [0.15, 0.2) is 0 Å². The predicted molar refractivity (Wildman–Crippen MR) is 167 cm³/mol. The second-order valence-corrected chi connectivity index (χ2v) is 13.7. The van der Waals surface area contributed by atoms with Gasteiger partial charge in [0.2, 0.25) is 0 Å². The van der Waals surface area contributed by atoms with Crippen LogP contribution in [0.1, 0.15) is 101 Å². The highest BCUT2D eigenvalue weighted by Crippen LogP contribution is 2.30. The van der Waals surface area contributed by atoms with Crippen molar-refractivity contribution >= 4 is 0 Å². The van der Waals surface area contributed by atoms with E-state index in [9.17, 15) is 0 Å². The van der Waals surface area contributed by atoms with Crippen LogP contribution in [0, 0.1) is 22.7 Å². The van der Waals surface area contributed by atoms with Crippen molar-refractivity contribution in [2.24, 2.45) is 22.7 Å². The molecule has 0 bridgehead atoms. The normalized spacial score (nSPS) is 19.5. The minimum atomic E-state index is 0.243. The molecule has 1 rings (SSSR count). The Kier molecular flexibility index (Phi) is 15.6. The Morgan fingerprint density at radius 1 is 0.973 bits per heavy atom. The zero-order valence-corrected chi connectivity index (χ0v) is 26.9. The fourth-order valence-corrected chi connectivity index (χ4v) is 5.55. The Morgan fingerprint density at radius 2 is 1.62 bits per heavy atom. The summed E-state index contributed by atoms with van der Waals surface area (Å²) >= 11 is 0. The number of rotatable bonds is 17. The molecule has 3 nitrogen and oxygen atoms in total. The zero-order chi connectivity index (χ0) is 28.1. The molecule has 0 radical (unpaired) electrons. The summed E-state index contributed by atoms with van der Waals surface area (Å²) in [6.45, 7) is 31.2. The van der Waals surface area contributed by atoms with Crippen LogP contribution in [0.2, 0.25) is 0 Å². The van der Waals surface area contributed by atoms with Gasteiger partial charge in [0.05, 0.1) is 0 Å². The molecule has 1 fully saturated rings. The highest BCUT2D eigenvalue weighted by Gasteiger charge is 2.28. The van der Waals surface area contributed by atoms with Crippen LogP contribution >= 0.6 is 0 Å². The van der Waals surface area contributed by atoms with Gasteiger partial charge in [0.25, 0.3) is 0 Å². The molecule has 0 aliphatic carbocycles. The molecule has 0 N–H and O–H groups in total. The maximum absolute atomic E-state index is 2.69. The van der Waals surface area contributed by atoms with E-state index >= 15 is 0 Å². The average Bonchev–Trinajstić information content (AvgIpc) is 3.26. The second-order valence-electron chi connectivity index (χ2n) is 13.7. The van der Waals surface area contributed by atoms with Crippen LogP contribution in [0.5, 0.6) is 0 Å². The maximum atomic E-state index is 2.69. The summed E-state index contributed by atoms with van der Waals surface area (Å²) < 4.78 is 0. The van der Waals surface area contributed by atoms with E-state index in [0.717, 1.165) is 38.6 Å². The van der Waals surface area contributed by atoms with Crippen molar-refractivity contribution in [2.45, 2.75) is 107 Å². The van der Waals surface area contributed by atoms with Crippen molar-refractivity contribution in [1.82, 2.24) is 14.7 Å². The lowest BCUT2D eigenvalue weighted by Gasteiger charge is -2.32. The first-order valence-corrected chi connectivity index (χ1v) is 15.5. The molecular weight excluding hydrogens is 450 g/mol. The summed E-state index contributed by atoms with van der Waals surface area (Å²) in [5.41, 5.74) is 2.11. The minimum Gasteiger partial charge on any atom is -0.300 e. The molecule has 0 saturated carbocycles. The molecule has 2 atom stereocenters. The SMILES string of the molecule is CC/C(=C/CN1CCC(CC(CCC(C)(C)/C=C/CN(CC)CC)N(C)C/C=C/C(C)(C)C)C1)C(C)C. The molecule has 0 amide bonds. The molecule has 1 heterocycles. The molecule has 0 spiro atoms. The standard InChI is InChI=1S/C34H65N3/c1-12-31(29(4)5)19-26-37-25-18-30(28-37)27-32(35(11)23-15-20-33(6,7)8)17-22-34(9,10)21-16-24-36(13-2)14-3/h15-16,19-21,29-30,32H,12-14,17-18,22-28H2,1-11H3/b20-15+,21-16+,31-19-. The van der Waals surface area contributed by atoms with Crippen LogP contribution in [0.25, 0.3) is 0 Å². The summed E-state index contributed by atoms with van der Waals surface area (Å²) in [6, 6.07) is 0.641. The largest absolute Gasteiger partial charge is 0.300 e. The predicted octanol–water partition coefficient (Wildman–Crippen LogP) is 8.30. The minimum absolute atomic E-state index is 0.243. The Morgan fingerprint density at radius 3 is 2.19 bits per heavy atom. The molecule has 2 unspecified atom stereocenters. The number of likely N-dealkylation sites (N-methyl/N-ethyl adjacent to an activating group) is 2. The third kappa shape index (κ3) is 14.7. The zero-order valence-electron chi connectivity index (χ0n) is 26.9. The van der Waals surface area contributed by atoms with Crippen LogP contribution in [0.4, 0.5) is 0 Å². The van der Waals surface area contributed by atoms with E-state index in [0.29, 0.717) is 12.0 Å². The summed E-state index contributed by atoms with van der Waals surface area (Å²) in [6.07, 6.45) is 18.5. The molecule has 3 heteroatoms. The van der Waals surface area contributed by atoms with Gasteiger partial charge in [-0.25, -0.2) is 0 Å². The first-order valence-electron chi connectivity index (χ1n) is 15.5. The lowest BCUT2D eigenvalue weighted by molar-refractivity contribution is 0.193. The number of allylic oxidation sites excluding steroid dienone is 3. The molecule has 1 aliphatic heterocycles. The topological polar surface area (TPSA) is 9.72 Å². The molecule has 0 aromatic heterocycles. The van der Waals surface area contributed by atoms with Crippen molar-refractivity contribution in [3.05, 3.63) is 36.0 Å².